The zero-order chi connectivity index (χ0) is 14.7. The summed E-state index contributed by atoms with van der Waals surface area (Å²) >= 11 is 1.76. The highest BCUT2D eigenvalue weighted by Crippen LogP contribution is 2.30. The van der Waals surface area contributed by atoms with E-state index in [1.54, 1.807) is 11.3 Å². The zero-order valence-electron chi connectivity index (χ0n) is 12.8. The molecule has 104 valence electrons. The number of aromatic nitrogens is 2. The summed E-state index contributed by atoms with van der Waals surface area (Å²) in [7, 11) is 0. The maximum atomic E-state index is 4.34. The first-order valence-corrected chi connectivity index (χ1v) is 7.84. The van der Waals surface area contributed by atoms with Gasteiger partial charge in [0.2, 0.25) is 0 Å². The van der Waals surface area contributed by atoms with Crippen molar-refractivity contribution >= 4 is 31.6 Å². The van der Waals surface area contributed by atoms with Crippen LogP contribution in [-0.2, 0) is 0 Å². The molecular weight excluding hydrogens is 252 g/mol. The van der Waals surface area contributed by atoms with Crippen LogP contribution in [0.3, 0.4) is 0 Å². The summed E-state index contributed by atoms with van der Waals surface area (Å²) < 4.78 is 2.48. The first kappa shape index (κ1) is 17.5. The van der Waals surface area contributed by atoms with Gasteiger partial charge in [-0.15, -0.1) is 11.3 Å². The molecule has 0 radical (unpaired) electrons. The molecule has 19 heavy (non-hydrogen) atoms. The Labute approximate surface area is 120 Å². The summed E-state index contributed by atoms with van der Waals surface area (Å²) in [6.07, 6.45) is 5.51. The van der Waals surface area contributed by atoms with E-state index in [0.29, 0.717) is 0 Å². The van der Waals surface area contributed by atoms with Crippen molar-refractivity contribution in [3.05, 3.63) is 36.8 Å². The molecule has 0 bridgehead atoms. The van der Waals surface area contributed by atoms with Crippen LogP contribution in [-0.4, -0.2) is 9.97 Å². The van der Waals surface area contributed by atoms with Gasteiger partial charge in [-0.05, 0) is 18.2 Å². The van der Waals surface area contributed by atoms with Crippen molar-refractivity contribution in [3.63, 3.8) is 0 Å². The highest BCUT2D eigenvalue weighted by Gasteiger charge is 2.03. The van der Waals surface area contributed by atoms with E-state index in [9.17, 15) is 0 Å². The van der Waals surface area contributed by atoms with Gasteiger partial charge in [-0.1, -0.05) is 41.5 Å². The van der Waals surface area contributed by atoms with Crippen LogP contribution in [0.4, 0.5) is 0 Å². The lowest BCUT2D eigenvalue weighted by atomic mass is 10.3. The van der Waals surface area contributed by atoms with E-state index < -0.39 is 0 Å². The third kappa shape index (κ3) is 4.28. The van der Waals surface area contributed by atoms with E-state index >= 15 is 0 Å². The fourth-order valence-corrected chi connectivity index (χ4v) is 2.47. The summed E-state index contributed by atoms with van der Waals surface area (Å²) in [5.41, 5.74) is 1.07. The van der Waals surface area contributed by atoms with Crippen LogP contribution in [0.25, 0.3) is 20.3 Å². The Bertz CT molecular complexity index is 523. The van der Waals surface area contributed by atoms with Crippen molar-refractivity contribution in [3.8, 4) is 0 Å². The average Bonchev–Trinajstić information content (AvgIpc) is 2.92. The Morgan fingerprint density at radius 1 is 0.842 bits per heavy atom. The smallest absolute Gasteiger partial charge is 0.0903 e. The topological polar surface area (TPSA) is 25.8 Å². The highest BCUT2D eigenvalue weighted by atomic mass is 32.1. The van der Waals surface area contributed by atoms with Crippen molar-refractivity contribution in [2.45, 2.75) is 41.5 Å². The second-order valence-electron chi connectivity index (χ2n) is 2.82. The SMILES string of the molecule is CC.CC.CC.c1cnc2c(c1)sc1ccncc12. The Balaban J connectivity index is 0.000000482. The molecule has 0 aliphatic rings. The predicted molar refractivity (Wildman–Crippen MR) is 89.0 cm³/mol. The average molecular weight is 276 g/mol. The minimum absolute atomic E-state index is 1.07. The van der Waals surface area contributed by atoms with Gasteiger partial charge >= 0.3 is 0 Å². The number of hydrogen-bond donors (Lipinski definition) is 0. The zero-order valence-corrected chi connectivity index (χ0v) is 13.6. The molecule has 0 amide bonds. The molecule has 3 aromatic heterocycles. The van der Waals surface area contributed by atoms with Crippen LogP contribution in [0, 0.1) is 0 Å². The van der Waals surface area contributed by atoms with Gasteiger partial charge in [0, 0.05) is 28.7 Å². The molecule has 0 saturated heterocycles. The lowest BCUT2D eigenvalue weighted by Gasteiger charge is -1.86. The van der Waals surface area contributed by atoms with Crippen molar-refractivity contribution in [1.82, 2.24) is 9.97 Å². The quantitative estimate of drug-likeness (QED) is 0.509. The van der Waals surface area contributed by atoms with Gasteiger partial charge in [0.1, 0.15) is 0 Å². The Morgan fingerprint density at radius 3 is 2.21 bits per heavy atom. The summed E-state index contributed by atoms with van der Waals surface area (Å²) in [4.78, 5) is 8.44. The van der Waals surface area contributed by atoms with E-state index in [1.165, 1.54) is 9.40 Å². The summed E-state index contributed by atoms with van der Waals surface area (Å²) in [5, 5.41) is 1.16. The van der Waals surface area contributed by atoms with E-state index in [4.69, 9.17) is 0 Å². The maximum absolute atomic E-state index is 4.34. The Kier molecular flexibility index (Phi) is 9.63. The molecular formula is C16H24N2S. The fourth-order valence-electron chi connectivity index (χ4n) is 1.44. The summed E-state index contributed by atoms with van der Waals surface area (Å²) in [5.74, 6) is 0. The molecule has 2 nitrogen and oxygen atoms in total. The van der Waals surface area contributed by atoms with Crippen LogP contribution in [0.2, 0.25) is 0 Å². The van der Waals surface area contributed by atoms with Crippen LogP contribution in [0.15, 0.2) is 36.8 Å². The van der Waals surface area contributed by atoms with Crippen molar-refractivity contribution < 1.29 is 0 Å². The number of hydrogen-bond acceptors (Lipinski definition) is 3. The molecule has 0 spiro atoms. The first-order valence-electron chi connectivity index (χ1n) is 7.02. The lowest BCUT2D eigenvalue weighted by Crippen LogP contribution is -1.72. The van der Waals surface area contributed by atoms with Gasteiger partial charge in [0.25, 0.3) is 0 Å². The van der Waals surface area contributed by atoms with Crippen LogP contribution < -0.4 is 0 Å². The van der Waals surface area contributed by atoms with Crippen LogP contribution in [0.1, 0.15) is 41.5 Å². The van der Waals surface area contributed by atoms with Gasteiger partial charge in [-0.25, -0.2) is 0 Å². The number of nitrogens with zero attached hydrogens (tertiary/aromatic N) is 2. The van der Waals surface area contributed by atoms with Crippen molar-refractivity contribution in [2.24, 2.45) is 0 Å². The fraction of sp³-hybridized carbons (Fsp3) is 0.375. The van der Waals surface area contributed by atoms with Crippen molar-refractivity contribution in [1.29, 1.82) is 0 Å². The molecule has 3 rings (SSSR count). The molecule has 0 N–H and O–H groups in total. The maximum Gasteiger partial charge on any atom is 0.0903 e. The molecule has 0 fully saturated rings. The lowest BCUT2D eigenvalue weighted by molar-refractivity contribution is 1.36. The van der Waals surface area contributed by atoms with E-state index in [1.807, 2.05) is 72.3 Å². The van der Waals surface area contributed by atoms with E-state index in [-0.39, 0.29) is 0 Å². The largest absolute Gasteiger partial charge is 0.264 e. The summed E-state index contributed by atoms with van der Waals surface area (Å²) in [6.45, 7) is 12.0. The monoisotopic (exact) mass is 276 g/mol. The third-order valence-electron chi connectivity index (χ3n) is 2.03. The standard InChI is InChI=1S/C10H6N2S.3C2H6/c1-2-9-10(12-4-1)7-6-11-5-3-8(7)13-9;3*1-2/h1-6H;3*1-2H3. The normalized spacial score (nSPS) is 8.53. The van der Waals surface area contributed by atoms with Gasteiger partial charge in [-0.2, -0.15) is 0 Å². The Hall–Kier alpha value is -1.48. The molecule has 0 atom stereocenters. The van der Waals surface area contributed by atoms with Gasteiger partial charge in [-0.3, -0.25) is 9.97 Å². The molecule has 0 aliphatic carbocycles. The number of fused-ring (bicyclic) bond motifs is 3. The van der Waals surface area contributed by atoms with E-state index in [0.717, 1.165) is 10.9 Å². The Morgan fingerprint density at radius 2 is 1.53 bits per heavy atom. The van der Waals surface area contributed by atoms with Gasteiger partial charge in [0.05, 0.1) is 10.2 Å². The number of rotatable bonds is 0. The molecule has 0 saturated carbocycles. The van der Waals surface area contributed by atoms with Crippen LogP contribution >= 0.6 is 11.3 Å². The van der Waals surface area contributed by atoms with E-state index in [2.05, 4.69) is 16.0 Å². The molecule has 3 heteroatoms. The second kappa shape index (κ2) is 10.4. The molecule has 3 aromatic rings. The first-order chi connectivity index (χ1) is 9.45. The predicted octanol–water partition coefficient (Wildman–Crippen LogP) is 5.92. The minimum atomic E-state index is 1.07. The molecule has 3 heterocycles. The summed E-state index contributed by atoms with van der Waals surface area (Å²) in [6, 6.07) is 6.08. The van der Waals surface area contributed by atoms with Gasteiger partial charge in [0.15, 0.2) is 0 Å². The van der Waals surface area contributed by atoms with Crippen molar-refractivity contribution in [2.75, 3.05) is 0 Å². The third-order valence-corrected chi connectivity index (χ3v) is 3.15. The van der Waals surface area contributed by atoms with Crippen LogP contribution in [0.5, 0.6) is 0 Å². The highest BCUT2D eigenvalue weighted by molar-refractivity contribution is 7.25. The van der Waals surface area contributed by atoms with Gasteiger partial charge < -0.3 is 0 Å². The molecule has 0 aliphatic heterocycles. The molecule has 0 unspecified atom stereocenters. The molecule has 0 aromatic carbocycles. The second-order valence-corrected chi connectivity index (χ2v) is 3.91. The minimum Gasteiger partial charge on any atom is -0.264 e. The number of pyridine rings is 2. The number of thiophene rings is 1.